The van der Waals surface area contributed by atoms with E-state index in [-0.39, 0.29) is 11.9 Å². The SMILES string of the molecule is CCC(C)[C@H](NC(=O)N(CCC(C)C)C1CC1)C(=O)O. The standard InChI is InChI=1S/C15H28N2O3/c1-5-11(4)13(14(18)19)16-15(20)17(12-6-7-12)9-8-10(2)3/h10-13H,5-9H2,1-4H3,(H,16,20)(H,18,19)/t11?,13-/m0/s1. The van der Waals surface area contributed by atoms with Crippen LogP contribution in [-0.4, -0.2) is 40.6 Å². The van der Waals surface area contributed by atoms with E-state index in [4.69, 9.17) is 0 Å². The maximum Gasteiger partial charge on any atom is 0.326 e. The Kier molecular flexibility index (Phi) is 6.30. The molecule has 5 nitrogen and oxygen atoms in total. The Morgan fingerprint density at radius 3 is 2.30 bits per heavy atom. The Morgan fingerprint density at radius 1 is 1.30 bits per heavy atom. The van der Waals surface area contributed by atoms with Crippen LogP contribution in [-0.2, 0) is 4.79 Å². The third kappa shape index (κ3) is 5.02. The molecule has 1 unspecified atom stereocenters. The molecule has 0 aliphatic heterocycles. The number of aliphatic carboxylic acids is 1. The molecule has 20 heavy (non-hydrogen) atoms. The largest absolute Gasteiger partial charge is 0.480 e. The number of rotatable bonds is 8. The molecular formula is C15H28N2O3. The summed E-state index contributed by atoms with van der Waals surface area (Å²) in [4.78, 5) is 25.4. The van der Waals surface area contributed by atoms with Gasteiger partial charge in [0, 0.05) is 12.6 Å². The Hall–Kier alpha value is -1.26. The molecule has 1 fully saturated rings. The second kappa shape index (κ2) is 7.50. The van der Waals surface area contributed by atoms with Gasteiger partial charge in [0.05, 0.1) is 0 Å². The van der Waals surface area contributed by atoms with Gasteiger partial charge in [-0.1, -0.05) is 34.1 Å². The Labute approximate surface area is 121 Å². The molecule has 0 spiro atoms. The summed E-state index contributed by atoms with van der Waals surface area (Å²) in [6.45, 7) is 8.75. The van der Waals surface area contributed by atoms with Crippen molar-refractivity contribution < 1.29 is 14.7 Å². The van der Waals surface area contributed by atoms with Gasteiger partial charge in [0.25, 0.3) is 0 Å². The molecule has 0 radical (unpaired) electrons. The van der Waals surface area contributed by atoms with Crippen molar-refractivity contribution in [2.45, 2.75) is 65.5 Å². The van der Waals surface area contributed by atoms with Crippen molar-refractivity contribution in [3.05, 3.63) is 0 Å². The summed E-state index contributed by atoms with van der Waals surface area (Å²) in [5, 5.41) is 11.9. The molecule has 0 bridgehead atoms. The van der Waals surface area contributed by atoms with Crippen molar-refractivity contribution in [2.75, 3.05) is 6.54 Å². The van der Waals surface area contributed by atoms with Crippen LogP contribution in [0.25, 0.3) is 0 Å². The normalized spacial score (nSPS) is 17.6. The number of carbonyl (C=O) groups is 2. The second-order valence-corrected chi connectivity index (χ2v) is 6.26. The van der Waals surface area contributed by atoms with E-state index in [1.54, 1.807) is 0 Å². The molecule has 0 aromatic rings. The zero-order valence-electron chi connectivity index (χ0n) is 13.1. The van der Waals surface area contributed by atoms with Crippen molar-refractivity contribution >= 4 is 12.0 Å². The minimum atomic E-state index is -0.952. The first-order valence-electron chi connectivity index (χ1n) is 7.66. The Morgan fingerprint density at radius 2 is 1.90 bits per heavy atom. The number of urea groups is 1. The van der Waals surface area contributed by atoms with Gasteiger partial charge in [-0.2, -0.15) is 0 Å². The lowest BCUT2D eigenvalue weighted by Gasteiger charge is -2.27. The molecule has 0 saturated heterocycles. The van der Waals surface area contributed by atoms with Gasteiger partial charge in [-0.05, 0) is 31.1 Å². The van der Waals surface area contributed by atoms with Crippen LogP contribution in [0.4, 0.5) is 4.79 Å². The lowest BCUT2D eigenvalue weighted by atomic mass is 9.99. The monoisotopic (exact) mass is 284 g/mol. The summed E-state index contributed by atoms with van der Waals surface area (Å²) in [6.07, 6.45) is 3.75. The van der Waals surface area contributed by atoms with Crippen molar-refractivity contribution in [3.63, 3.8) is 0 Å². The van der Waals surface area contributed by atoms with Gasteiger partial charge in [-0.25, -0.2) is 9.59 Å². The van der Waals surface area contributed by atoms with Crippen molar-refractivity contribution in [3.8, 4) is 0 Å². The zero-order valence-corrected chi connectivity index (χ0v) is 13.1. The number of nitrogens with zero attached hydrogens (tertiary/aromatic N) is 1. The highest BCUT2D eigenvalue weighted by Gasteiger charge is 2.35. The van der Waals surface area contributed by atoms with Gasteiger partial charge in [-0.15, -0.1) is 0 Å². The third-order valence-corrected chi connectivity index (χ3v) is 3.95. The van der Waals surface area contributed by atoms with Crippen LogP contribution in [0.3, 0.4) is 0 Å². The predicted molar refractivity (Wildman–Crippen MR) is 78.6 cm³/mol. The van der Waals surface area contributed by atoms with E-state index in [2.05, 4.69) is 19.2 Å². The highest BCUT2D eigenvalue weighted by atomic mass is 16.4. The third-order valence-electron chi connectivity index (χ3n) is 3.95. The van der Waals surface area contributed by atoms with Gasteiger partial charge < -0.3 is 15.3 Å². The number of hydrogen-bond donors (Lipinski definition) is 2. The summed E-state index contributed by atoms with van der Waals surface area (Å²) >= 11 is 0. The summed E-state index contributed by atoms with van der Waals surface area (Å²) in [5.74, 6) is -0.483. The molecule has 0 heterocycles. The molecule has 2 N–H and O–H groups in total. The van der Waals surface area contributed by atoms with E-state index in [0.29, 0.717) is 18.5 Å². The average molecular weight is 284 g/mol. The molecular weight excluding hydrogens is 256 g/mol. The quantitative estimate of drug-likeness (QED) is 0.720. The summed E-state index contributed by atoms with van der Waals surface area (Å²) in [7, 11) is 0. The molecule has 1 rings (SSSR count). The average Bonchev–Trinajstić information content (AvgIpc) is 3.19. The van der Waals surface area contributed by atoms with Crippen molar-refractivity contribution in [1.29, 1.82) is 0 Å². The zero-order chi connectivity index (χ0) is 15.3. The van der Waals surface area contributed by atoms with Crippen molar-refractivity contribution in [2.24, 2.45) is 11.8 Å². The summed E-state index contributed by atoms with van der Waals surface area (Å²) in [6, 6.07) is -0.714. The van der Waals surface area contributed by atoms with E-state index < -0.39 is 12.0 Å². The molecule has 5 heteroatoms. The fourth-order valence-electron chi connectivity index (χ4n) is 2.13. The number of carboxylic acids is 1. The number of amides is 2. The molecule has 116 valence electrons. The maximum atomic E-state index is 12.3. The predicted octanol–water partition coefficient (Wildman–Crippen LogP) is 2.71. The van der Waals surface area contributed by atoms with Gasteiger partial charge >= 0.3 is 12.0 Å². The molecule has 0 aromatic carbocycles. The lowest BCUT2D eigenvalue weighted by molar-refractivity contribution is -0.140. The van der Waals surface area contributed by atoms with Crippen LogP contribution in [0.15, 0.2) is 0 Å². The summed E-state index contributed by atoms with van der Waals surface area (Å²) in [5.41, 5.74) is 0. The van der Waals surface area contributed by atoms with Crippen LogP contribution < -0.4 is 5.32 Å². The van der Waals surface area contributed by atoms with E-state index in [1.807, 2.05) is 18.7 Å². The number of nitrogens with one attached hydrogen (secondary N) is 1. The maximum absolute atomic E-state index is 12.3. The molecule has 1 saturated carbocycles. The first-order chi connectivity index (χ1) is 9.36. The molecule has 1 aliphatic carbocycles. The molecule has 2 atom stereocenters. The number of carboxylic acid groups (broad SMARTS) is 1. The number of hydrogen-bond acceptors (Lipinski definition) is 2. The minimum Gasteiger partial charge on any atom is -0.480 e. The van der Waals surface area contributed by atoms with Crippen LogP contribution in [0.1, 0.15) is 53.4 Å². The molecule has 2 amide bonds. The summed E-state index contributed by atoms with van der Waals surface area (Å²) < 4.78 is 0. The molecule has 1 aliphatic rings. The smallest absolute Gasteiger partial charge is 0.326 e. The van der Waals surface area contributed by atoms with Gasteiger partial charge in [0.15, 0.2) is 0 Å². The van der Waals surface area contributed by atoms with Crippen molar-refractivity contribution in [1.82, 2.24) is 10.2 Å². The second-order valence-electron chi connectivity index (χ2n) is 6.26. The first kappa shape index (κ1) is 16.8. The first-order valence-corrected chi connectivity index (χ1v) is 7.66. The molecule has 0 aromatic heterocycles. The fraction of sp³-hybridized carbons (Fsp3) is 0.867. The van der Waals surface area contributed by atoms with Crippen LogP contribution >= 0.6 is 0 Å². The van der Waals surface area contributed by atoms with Crippen LogP contribution in [0.2, 0.25) is 0 Å². The minimum absolute atomic E-state index is 0.0670. The highest BCUT2D eigenvalue weighted by molar-refractivity contribution is 5.83. The van der Waals surface area contributed by atoms with Gasteiger partial charge in [0.1, 0.15) is 6.04 Å². The van der Waals surface area contributed by atoms with E-state index in [1.165, 1.54) is 0 Å². The van der Waals surface area contributed by atoms with Gasteiger partial charge in [0.2, 0.25) is 0 Å². The van der Waals surface area contributed by atoms with Crippen LogP contribution in [0, 0.1) is 11.8 Å². The fourth-order valence-corrected chi connectivity index (χ4v) is 2.13. The lowest BCUT2D eigenvalue weighted by Crippen LogP contribution is -2.51. The van der Waals surface area contributed by atoms with E-state index >= 15 is 0 Å². The Bertz CT molecular complexity index is 340. The van der Waals surface area contributed by atoms with E-state index in [9.17, 15) is 14.7 Å². The van der Waals surface area contributed by atoms with E-state index in [0.717, 1.165) is 25.7 Å². The number of carbonyl (C=O) groups excluding carboxylic acids is 1. The van der Waals surface area contributed by atoms with Gasteiger partial charge in [-0.3, -0.25) is 0 Å². The highest BCUT2D eigenvalue weighted by Crippen LogP contribution is 2.27. The van der Waals surface area contributed by atoms with Crippen LogP contribution in [0.5, 0.6) is 0 Å². The topological polar surface area (TPSA) is 69.6 Å². The Balaban J connectivity index is 2.61.